The van der Waals surface area contributed by atoms with Gasteiger partial charge in [0.25, 0.3) is 5.91 Å². The van der Waals surface area contributed by atoms with Gasteiger partial charge in [-0.1, -0.05) is 30.3 Å². The maximum Gasteiger partial charge on any atom is 0.329 e. The fourth-order valence-corrected chi connectivity index (χ4v) is 2.74. The van der Waals surface area contributed by atoms with E-state index in [1.54, 1.807) is 29.4 Å². The number of likely N-dealkylation sites (tertiary alicyclic amines) is 1. The minimum atomic E-state index is -0.501. The molecule has 1 atom stereocenters. The third-order valence-corrected chi connectivity index (χ3v) is 3.94. The molecule has 1 aromatic heterocycles. The Balaban J connectivity index is 1.64. The molecular weight excluding hydrogens is 292 g/mol. The third kappa shape index (κ3) is 3.56. The Kier molecular flexibility index (Phi) is 4.66. The number of aromatic nitrogens is 1. The lowest BCUT2D eigenvalue weighted by Crippen LogP contribution is -2.41. The fraction of sp³-hybridized carbons (Fsp3) is 0.278. The highest BCUT2D eigenvalue weighted by Gasteiger charge is 2.35. The first-order valence-corrected chi connectivity index (χ1v) is 7.67. The molecule has 1 aliphatic heterocycles. The zero-order chi connectivity index (χ0) is 16.1. The number of carbonyl (C=O) groups is 2. The first-order chi connectivity index (χ1) is 11.3. The molecule has 2 heterocycles. The van der Waals surface area contributed by atoms with Crippen LogP contribution in [0.2, 0.25) is 0 Å². The molecule has 5 nitrogen and oxygen atoms in total. The summed E-state index contributed by atoms with van der Waals surface area (Å²) in [5.74, 6) is -0.486. The molecule has 0 aliphatic carbocycles. The Hall–Kier alpha value is -2.69. The zero-order valence-electron chi connectivity index (χ0n) is 12.7. The lowest BCUT2D eigenvalue weighted by Gasteiger charge is -2.23. The number of hydrogen-bond donors (Lipinski definition) is 0. The summed E-state index contributed by atoms with van der Waals surface area (Å²) < 4.78 is 5.38. The molecule has 1 saturated heterocycles. The predicted octanol–water partition coefficient (Wildman–Crippen LogP) is 2.43. The number of benzene rings is 1. The first-order valence-electron chi connectivity index (χ1n) is 7.67. The maximum atomic E-state index is 12.5. The summed E-state index contributed by atoms with van der Waals surface area (Å²) in [7, 11) is 0. The van der Waals surface area contributed by atoms with Crippen molar-refractivity contribution in [3.63, 3.8) is 0 Å². The van der Waals surface area contributed by atoms with Gasteiger partial charge in [0, 0.05) is 24.5 Å². The van der Waals surface area contributed by atoms with E-state index in [2.05, 4.69) is 4.98 Å². The monoisotopic (exact) mass is 310 g/mol. The standard InChI is InChI=1S/C18H18N2O3/c21-17(15-8-10-19-11-9-15)20-12-4-7-16(20)18(22)23-13-14-5-2-1-3-6-14/h1-3,5-6,8-11,16H,4,7,12-13H2/t16-/m0/s1. The molecule has 1 fully saturated rings. The number of pyridine rings is 1. The molecule has 5 heteroatoms. The number of amides is 1. The van der Waals surface area contributed by atoms with Crippen LogP contribution < -0.4 is 0 Å². The summed E-state index contributed by atoms with van der Waals surface area (Å²) >= 11 is 0. The number of rotatable bonds is 4. The van der Waals surface area contributed by atoms with Crippen LogP contribution in [-0.4, -0.2) is 34.3 Å². The lowest BCUT2D eigenvalue weighted by atomic mass is 10.2. The number of hydrogen-bond acceptors (Lipinski definition) is 4. The van der Waals surface area contributed by atoms with E-state index in [0.29, 0.717) is 18.5 Å². The van der Waals surface area contributed by atoms with Crippen LogP contribution in [0.25, 0.3) is 0 Å². The quantitative estimate of drug-likeness (QED) is 0.814. The van der Waals surface area contributed by atoms with Crippen molar-refractivity contribution in [3.8, 4) is 0 Å². The van der Waals surface area contributed by atoms with E-state index in [1.807, 2.05) is 30.3 Å². The van der Waals surface area contributed by atoms with Crippen LogP contribution in [0.1, 0.15) is 28.8 Å². The summed E-state index contributed by atoms with van der Waals surface area (Å²) in [4.78, 5) is 30.4. The average Bonchev–Trinajstić information content (AvgIpc) is 3.10. The van der Waals surface area contributed by atoms with Crippen molar-refractivity contribution in [2.75, 3.05) is 6.54 Å². The van der Waals surface area contributed by atoms with E-state index >= 15 is 0 Å². The molecule has 1 aliphatic rings. The molecule has 118 valence electrons. The van der Waals surface area contributed by atoms with Gasteiger partial charge in [0.15, 0.2) is 0 Å². The van der Waals surface area contributed by atoms with Gasteiger partial charge in [-0.15, -0.1) is 0 Å². The molecule has 0 N–H and O–H groups in total. The maximum absolute atomic E-state index is 12.5. The van der Waals surface area contributed by atoms with Gasteiger partial charge >= 0.3 is 5.97 Å². The van der Waals surface area contributed by atoms with Crippen molar-refractivity contribution in [2.45, 2.75) is 25.5 Å². The summed E-state index contributed by atoms with van der Waals surface area (Å²) in [6.07, 6.45) is 4.60. The fourth-order valence-electron chi connectivity index (χ4n) is 2.74. The largest absolute Gasteiger partial charge is 0.459 e. The molecule has 0 unspecified atom stereocenters. The van der Waals surface area contributed by atoms with E-state index in [4.69, 9.17) is 4.74 Å². The Morgan fingerprint density at radius 1 is 1.13 bits per heavy atom. The van der Waals surface area contributed by atoms with E-state index in [9.17, 15) is 9.59 Å². The van der Waals surface area contributed by atoms with Gasteiger partial charge in [0.05, 0.1) is 0 Å². The molecule has 3 rings (SSSR count). The molecule has 23 heavy (non-hydrogen) atoms. The number of ether oxygens (including phenoxy) is 1. The van der Waals surface area contributed by atoms with E-state index in [0.717, 1.165) is 12.0 Å². The zero-order valence-corrected chi connectivity index (χ0v) is 12.7. The predicted molar refractivity (Wildman–Crippen MR) is 84.5 cm³/mol. The number of carbonyl (C=O) groups excluding carboxylic acids is 2. The van der Waals surface area contributed by atoms with Gasteiger partial charge < -0.3 is 9.64 Å². The van der Waals surface area contributed by atoms with Gasteiger partial charge in [-0.05, 0) is 30.5 Å². The van der Waals surface area contributed by atoms with E-state index in [-0.39, 0.29) is 18.5 Å². The summed E-state index contributed by atoms with van der Waals surface area (Å²) in [5.41, 5.74) is 1.48. The van der Waals surface area contributed by atoms with Crippen LogP contribution >= 0.6 is 0 Å². The molecule has 0 saturated carbocycles. The average molecular weight is 310 g/mol. The smallest absolute Gasteiger partial charge is 0.329 e. The molecule has 0 radical (unpaired) electrons. The van der Waals surface area contributed by atoms with Gasteiger partial charge in [-0.25, -0.2) is 4.79 Å². The highest BCUT2D eigenvalue weighted by Crippen LogP contribution is 2.21. The van der Waals surface area contributed by atoms with Crippen LogP contribution in [0.4, 0.5) is 0 Å². The Labute approximate surface area is 134 Å². The summed E-state index contributed by atoms with van der Waals surface area (Å²) in [6.45, 7) is 0.805. The first kappa shape index (κ1) is 15.2. The Bertz CT molecular complexity index is 673. The number of nitrogens with zero attached hydrogens (tertiary/aromatic N) is 2. The Morgan fingerprint density at radius 3 is 2.61 bits per heavy atom. The van der Waals surface area contributed by atoms with Crippen molar-refractivity contribution < 1.29 is 14.3 Å². The van der Waals surface area contributed by atoms with Crippen molar-refractivity contribution in [1.29, 1.82) is 0 Å². The molecule has 1 aromatic carbocycles. The molecule has 0 spiro atoms. The van der Waals surface area contributed by atoms with Crippen LogP contribution in [0.3, 0.4) is 0 Å². The minimum Gasteiger partial charge on any atom is -0.459 e. The molecule has 1 amide bonds. The van der Waals surface area contributed by atoms with Crippen LogP contribution in [-0.2, 0) is 16.1 Å². The highest BCUT2D eigenvalue weighted by molar-refractivity contribution is 5.97. The molecule has 0 bridgehead atoms. The summed E-state index contributed by atoms with van der Waals surface area (Å²) in [6, 6.07) is 12.3. The van der Waals surface area contributed by atoms with Gasteiger partial charge in [0.2, 0.25) is 0 Å². The van der Waals surface area contributed by atoms with Gasteiger partial charge in [-0.2, -0.15) is 0 Å². The Morgan fingerprint density at radius 2 is 1.87 bits per heavy atom. The van der Waals surface area contributed by atoms with Crippen molar-refractivity contribution in [3.05, 3.63) is 66.0 Å². The van der Waals surface area contributed by atoms with Crippen LogP contribution in [0, 0.1) is 0 Å². The SMILES string of the molecule is O=C(OCc1ccccc1)[C@@H]1CCCN1C(=O)c1ccncc1. The van der Waals surface area contributed by atoms with Crippen LogP contribution in [0.5, 0.6) is 0 Å². The second-order valence-corrected chi connectivity index (χ2v) is 5.49. The number of esters is 1. The van der Waals surface area contributed by atoms with Crippen molar-refractivity contribution in [2.24, 2.45) is 0 Å². The highest BCUT2D eigenvalue weighted by atomic mass is 16.5. The topological polar surface area (TPSA) is 59.5 Å². The molecular formula is C18H18N2O3. The third-order valence-electron chi connectivity index (χ3n) is 3.94. The van der Waals surface area contributed by atoms with Crippen LogP contribution in [0.15, 0.2) is 54.9 Å². The van der Waals surface area contributed by atoms with Crippen molar-refractivity contribution >= 4 is 11.9 Å². The normalized spacial score (nSPS) is 17.0. The van der Waals surface area contributed by atoms with Gasteiger partial charge in [-0.3, -0.25) is 9.78 Å². The summed E-state index contributed by atoms with van der Waals surface area (Å²) in [5, 5.41) is 0. The second-order valence-electron chi connectivity index (χ2n) is 5.49. The second kappa shape index (κ2) is 7.05. The van der Waals surface area contributed by atoms with Gasteiger partial charge in [0.1, 0.15) is 12.6 Å². The van der Waals surface area contributed by atoms with E-state index in [1.165, 1.54) is 0 Å². The molecule has 2 aromatic rings. The van der Waals surface area contributed by atoms with Crippen molar-refractivity contribution in [1.82, 2.24) is 9.88 Å². The van der Waals surface area contributed by atoms with E-state index < -0.39 is 6.04 Å². The minimum absolute atomic E-state index is 0.147. The lowest BCUT2D eigenvalue weighted by molar-refractivity contribution is -0.149.